The number of amides is 1. The Hall–Kier alpha value is -2.11. The molecular weight excluding hydrogens is 270 g/mol. The molecule has 0 saturated carbocycles. The van der Waals surface area contributed by atoms with Crippen LogP contribution in [0.15, 0.2) is 12.1 Å². The van der Waals surface area contributed by atoms with Crippen LogP contribution in [0.2, 0.25) is 0 Å². The van der Waals surface area contributed by atoms with Gasteiger partial charge in [-0.15, -0.1) is 0 Å². The SMILES string of the molecule is CCC1CCN(c2nc(C)ccc2C(N)=O)C(C(=O)O)C1. The summed E-state index contributed by atoms with van der Waals surface area (Å²) in [4.78, 5) is 29.2. The normalized spacial score (nSPS) is 22.1. The Labute approximate surface area is 124 Å². The van der Waals surface area contributed by atoms with Crippen molar-refractivity contribution in [2.24, 2.45) is 11.7 Å². The van der Waals surface area contributed by atoms with Gasteiger partial charge in [-0.25, -0.2) is 9.78 Å². The van der Waals surface area contributed by atoms with E-state index in [1.165, 1.54) is 0 Å². The molecule has 2 heterocycles. The van der Waals surface area contributed by atoms with Gasteiger partial charge in [-0.2, -0.15) is 0 Å². The molecule has 6 heteroatoms. The zero-order chi connectivity index (χ0) is 15.6. The van der Waals surface area contributed by atoms with Crippen LogP contribution in [0.4, 0.5) is 5.82 Å². The number of anilines is 1. The number of carbonyl (C=O) groups is 2. The van der Waals surface area contributed by atoms with E-state index < -0.39 is 17.9 Å². The zero-order valence-electron chi connectivity index (χ0n) is 12.4. The zero-order valence-corrected chi connectivity index (χ0v) is 12.4. The number of aromatic nitrogens is 1. The molecular formula is C15H21N3O3. The van der Waals surface area contributed by atoms with E-state index in [9.17, 15) is 14.7 Å². The molecule has 114 valence electrons. The molecule has 1 aliphatic heterocycles. The number of pyridine rings is 1. The smallest absolute Gasteiger partial charge is 0.326 e. The molecule has 0 radical (unpaired) electrons. The van der Waals surface area contributed by atoms with E-state index in [0.29, 0.717) is 24.7 Å². The van der Waals surface area contributed by atoms with E-state index in [4.69, 9.17) is 5.73 Å². The fourth-order valence-corrected chi connectivity index (χ4v) is 2.85. The monoisotopic (exact) mass is 291 g/mol. The predicted molar refractivity (Wildman–Crippen MR) is 79.3 cm³/mol. The molecule has 0 aliphatic carbocycles. The number of hydrogen-bond donors (Lipinski definition) is 2. The Bertz CT molecular complexity index is 559. The average molecular weight is 291 g/mol. The molecule has 3 N–H and O–H groups in total. The summed E-state index contributed by atoms with van der Waals surface area (Å²) in [7, 11) is 0. The van der Waals surface area contributed by atoms with Crippen molar-refractivity contribution in [2.45, 2.75) is 39.2 Å². The van der Waals surface area contributed by atoms with Gasteiger partial charge in [0.1, 0.15) is 11.9 Å². The van der Waals surface area contributed by atoms with E-state index in [2.05, 4.69) is 11.9 Å². The van der Waals surface area contributed by atoms with Crippen molar-refractivity contribution in [3.8, 4) is 0 Å². The minimum atomic E-state index is -0.883. The Morgan fingerprint density at radius 1 is 1.48 bits per heavy atom. The second-order valence-electron chi connectivity index (χ2n) is 5.53. The number of primary amides is 1. The number of hydrogen-bond acceptors (Lipinski definition) is 4. The van der Waals surface area contributed by atoms with Crippen LogP contribution in [-0.2, 0) is 4.79 Å². The fourth-order valence-electron chi connectivity index (χ4n) is 2.85. The van der Waals surface area contributed by atoms with E-state index in [-0.39, 0.29) is 5.56 Å². The first-order chi connectivity index (χ1) is 9.93. The van der Waals surface area contributed by atoms with Crippen LogP contribution < -0.4 is 10.6 Å². The number of nitrogens with zero attached hydrogens (tertiary/aromatic N) is 2. The number of carboxylic acids is 1. The van der Waals surface area contributed by atoms with Crippen LogP contribution in [0.5, 0.6) is 0 Å². The van der Waals surface area contributed by atoms with Gasteiger partial charge in [0.25, 0.3) is 5.91 Å². The molecule has 2 unspecified atom stereocenters. The van der Waals surface area contributed by atoms with Gasteiger partial charge in [-0.05, 0) is 37.8 Å². The van der Waals surface area contributed by atoms with Gasteiger partial charge in [0.05, 0.1) is 5.56 Å². The lowest BCUT2D eigenvalue weighted by atomic mass is 9.88. The number of carbonyl (C=O) groups excluding carboxylic acids is 1. The first-order valence-electron chi connectivity index (χ1n) is 7.21. The maximum Gasteiger partial charge on any atom is 0.326 e. The molecule has 0 aromatic carbocycles. The van der Waals surface area contributed by atoms with Crippen LogP contribution in [-0.4, -0.2) is 34.6 Å². The van der Waals surface area contributed by atoms with Crippen LogP contribution in [0.25, 0.3) is 0 Å². The van der Waals surface area contributed by atoms with Crippen molar-refractivity contribution >= 4 is 17.7 Å². The van der Waals surface area contributed by atoms with Gasteiger partial charge in [-0.1, -0.05) is 13.3 Å². The summed E-state index contributed by atoms with van der Waals surface area (Å²) in [6, 6.07) is 2.67. The van der Waals surface area contributed by atoms with Gasteiger partial charge in [-0.3, -0.25) is 4.79 Å². The van der Waals surface area contributed by atoms with E-state index in [0.717, 1.165) is 18.5 Å². The Balaban J connectivity index is 2.41. The van der Waals surface area contributed by atoms with Gasteiger partial charge in [0.15, 0.2) is 0 Å². The van der Waals surface area contributed by atoms with Gasteiger partial charge in [0, 0.05) is 12.2 Å². The molecule has 0 bridgehead atoms. The van der Waals surface area contributed by atoms with Crippen molar-refractivity contribution in [1.82, 2.24) is 4.98 Å². The summed E-state index contributed by atoms with van der Waals surface area (Å²) in [5.41, 5.74) is 6.41. The largest absolute Gasteiger partial charge is 0.480 e. The number of carboxylic acid groups (broad SMARTS) is 1. The summed E-state index contributed by atoms with van der Waals surface area (Å²) in [6.07, 6.45) is 2.43. The number of nitrogens with two attached hydrogens (primary N) is 1. The Kier molecular flexibility index (Phi) is 4.45. The van der Waals surface area contributed by atoms with E-state index >= 15 is 0 Å². The summed E-state index contributed by atoms with van der Waals surface area (Å²) in [5.74, 6) is -0.681. The molecule has 0 spiro atoms. The lowest BCUT2D eigenvalue weighted by Crippen LogP contribution is -2.48. The quantitative estimate of drug-likeness (QED) is 0.877. The highest BCUT2D eigenvalue weighted by molar-refractivity contribution is 5.98. The third-order valence-corrected chi connectivity index (χ3v) is 4.13. The lowest BCUT2D eigenvalue weighted by molar-refractivity contribution is -0.139. The number of aryl methyl sites for hydroxylation is 1. The molecule has 1 aromatic heterocycles. The van der Waals surface area contributed by atoms with Crippen molar-refractivity contribution in [3.63, 3.8) is 0 Å². The number of piperidine rings is 1. The summed E-state index contributed by atoms with van der Waals surface area (Å²) < 4.78 is 0. The van der Waals surface area contributed by atoms with E-state index in [1.807, 2.05) is 6.92 Å². The molecule has 1 aliphatic rings. The molecule has 1 aromatic rings. The fraction of sp³-hybridized carbons (Fsp3) is 0.533. The van der Waals surface area contributed by atoms with Crippen molar-refractivity contribution in [2.75, 3.05) is 11.4 Å². The maximum absolute atomic E-state index is 11.6. The molecule has 1 saturated heterocycles. The van der Waals surface area contributed by atoms with Crippen LogP contribution >= 0.6 is 0 Å². The highest BCUT2D eigenvalue weighted by Crippen LogP contribution is 2.31. The molecule has 6 nitrogen and oxygen atoms in total. The van der Waals surface area contributed by atoms with Gasteiger partial charge < -0.3 is 15.7 Å². The first kappa shape index (κ1) is 15.3. The first-order valence-corrected chi connectivity index (χ1v) is 7.21. The second kappa shape index (κ2) is 6.11. The minimum absolute atomic E-state index is 0.279. The van der Waals surface area contributed by atoms with Crippen LogP contribution in [0.1, 0.15) is 42.2 Å². The predicted octanol–water partition coefficient (Wildman–Crippen LogP) is 1.57. The Morgan fingerprint density at radius 3 is 2.76 bits per heavy atom. The van der Waals surface area contributed by atoms with Crippen molar-refractivity contribution in [1.29, 1.82) is 0 Å². The second-order valence-corrected chi connectivity index (χ2v) is 5.53. The lowest BCUT2D eigenvalue weighted by Gasteiger charge is -2.38. The third kappa shape index (κ3) is 3.15. The van der Waals surface area contributed by atoms with Crippen LogP contribution in [0.3, 0.4) is 0 Å². The molecule has 2 atom stereocenters. The summed E-state index contributed by atoms with van der Waals surface area (Å²) in [5, 5.41) is 9.50. The van der Waals surface area contributed by atoms with Gasteiger partial charge >= 0.3 is 5.97 Å². The minimum Gasteiger partial charge on any atom is -0.480 e. The summed E-state index contributed by atoms with van der Waals surface area (Å²) >= 11 is 0. The van der Waals surface area contributed by atoms with Crippen molar-refractivity contribution < 1.29 is 14.7 Å². The average Bonchev–Trinajstić information content (AvgIpc) is 2.46. The highest BCUT2D eigenvalue weighted by atomic mass is 16.4. The molecule has 1 fully saturated rings. The molecule has 1 amide bonds. The standard InChI is InChI=1S/C15H21N3O3/c1-3-10-6-7-18(12(8-10)15(20)21)14-11(13(16)19)5-4-9(2)17-14/h4-5,10,12H,3,6-8H2,1-2H3,(H2,16,19)(H,20,21). The van der Waals surface area contributed by atoms with Crippen LogP contribution in [0, 0.1) is 12.8 Å². The van der Waals surface area contributed by atoms with Crippen molar-refractivity contribution in [3.05, 3.63) is 23.4 Å². The molecule has 21 heavy (non-hydrogen) atoms. The maximum atomic E-state index is 11.6. The number of aliphatic carboxylic acids is 1. The molecule has 2 rings (SSSR count). The highest BCUT2D eigenvalue weighted by Gasteiger charge is 2.35. The van der Waals surface area contributed by atoms with E-state index in [1.54, 1.807) is 17.0 Å². The topological polar surface area (TPSA) is 96.5 Å². The number of rotatable bonds is 4. The Morgan fingerprint density at radius 2 is 2.19 bits per heavy atom. The summed E-state index contributed by atoms with van der Waals surface area (Å²) in [6.45, 7) is 4.45. The third-order valence-electron chi connectivity index (χ3n) is 4.13. The van der Waals surface area contributed by atoms with Gasteiger partial charge in [0.2, 0.25) is 0 Å².